The molecule has 0 aromatic heterocycles. The van der Waals surface area contributed by atoms with Crippen LogP contribution in [0.15, 0.2) is 71.2 Å². The average Bonchev–Trinajstić information content (AvgIpc) is 2.82. The molecule has 2 N–H and O–H groups in total. The number of carbonyl (C=O) groups is 1. The molecule has 1 aliphatic carbocycles. The molecule has 0 bridgehead atoms. The number of allylic oxidation sites excluding steroid dienone is 3. The van der Waals surface area contributed by atoms with Gasteiger partial charge >= 0.3 is 0 Å². The van der Waals surface area contributed by atoms with E-state index in [4.69, 9.17) is 15.2 Å². The third-order valence-electron chi connectivity index (χ3n) is 6.04. The van der Waals surface area contributed by atoms with E-state index in [-0.39, 0.29) is 5.78 Å². The third-order valence-corrected chi connectivity index (χ3v) is 6.04. The summed E-state index contributed by atoms with van der Waals surface area (Å²) in [6.45, 7) is 0.405. The lowest BCUT2D eigenvalue weighted by molar-refractivity contribution is -0.116. The van der Waals surface area contributed by atoms with E-state index in [1.165, 1.54) is 0 Å². The summed E-state index contributed by atoms with van der Waals surface area (Å²) in [4.78, 5) is 13.1. The normalized spacial score (nSPS) is 18.3. The van der Waals surface area contributed by atoms with Gasteiger partial charge in [0.1, 0.15) is 12.4 Å². The second-order valence-corrected chi connectivity index (χ2v) is 8.32. The minimum Gasteiger partial charge on any atom is -0.493 e. The van der Waals surface area contributed by atoms with Crippen molar-refractivity contribution < 1.29 is 14.3 Å². The SMILES string of the molecule is COc1cc([C@@H]2C(C#N)=C(N)N(N(C)C)C3=C2C(=O)CCC3)ccc1OCc1ccccc1. The molecular formula is C26H28N4O3. The standard InChI is InChI=1S/C26H28N4O3/c1-29(2)30-20-10-7-11-21(31)25(20)24(19(15-27)26(30)28)18-12-13-22(23(14-18)32-3)33-16-17-8-5-4-6-9-17/h4-6,8-9,12-14,24H,7,10-11,16,28H2,1-3H3/t24-/m1/s1. The van der Waals surface area contributed by atoms with Gasteiger partial charge in [-0.25, -0.2) is 5.01 Å². The molecule has 2 aromatic rings. The summed E-state index contributed by atoms with van der Waals surface area (Å²) >= 11 is 0. The Kier molecular flexibility index (Phi) is 6.38. The number of hydrazine groups is 1. The molecule has 0 saturated carbocycles. The quantitative estimate of drug-likeness (QED) is 0.723. The lowest BCUT2D eigenvalue weighted by atomic mass is 9.76. The number of methoxy groups -OCH3 is 1. The number of rotatable bonds is 6. The summed E-state index contributed by atoms with van der Waals surface area (Å²) in [5, 5.41) is 13.6. The molecule has 4 rings (SSSR count). The highest BCUT2D eigenvalue weighted by atomic mass is 16.5. The fourth-order valence-electron chi connectivity index (χ4n) is 4.58. The minimum atomic E-state index is -0.536. The van der Waals surface area contributed by atoms with Crippen LogP contribution in [0, 0.1) is 11.3 Å². The molecule has 33 heavy (non-hydrogen) atoms. The van der Waals surface area contributed by atoms with Crippen molar-refractivity contribution >= 4 is 5.78 Å². The molecule has 1 atom stereocenters. The topological polar surface area (TPSA) is 91.8 Å². The third kappa shape index (κ3) is 4.18. The molecule has 2 aliphatic rings. The van der Waals surface area contributed by atoms with Gasteiger partial charge in [0, 0.05) is 31.8 Å². The summed E-state index contributed by atoms with van der Waals surface area (Å²) in [5.74, 6) is 1.00. The molecule has 170 valence electrons. The predicted molar refractivity (Wildman–Crippen MR) is 125 cm³/mol. The van der Waals surface area contributed by atoms with Crippen LogP contribution in [0.25, 0.3) is 0 Å². The number of carbonyl (C=O) groups excluding carboxylic acids is 1. The van der Waals surface area contributed by atoms with Gasteiger partial charge < -0.3 is 15.2 Å². The molecule has 0 fully saturated rings. The van der Waals surface area contributed by atoms with E-state index < -0.39 is 5.92 Å². The molecule has 0 amide bonds. The van der Waals surface area contributed by atoms with Crippen molar-refractivity contribution in [2.45, 2.75) is 31.8 Å². The smallest absolute Gasteiger partial charge is 0.161 e. The summed E-state index contributed by atoms with van der Waals surface area (Å²) in [6, 6.07) is 17.7. The van der Waals surface area contributed by atoms with Crippen LogP contribution in [0.4, 0.5) is 0 Å². The summed E-state index contributed by atoms with van der Waals surface area (Å²) in [6.07, 6.45) is 1.95. The number of ketones is 1. The van der Waals surface area contributed by atoms with Crippen LogP contribution in [0.5, 0.6) is 11.5 Å². The van der Waals surface area contributed by atoms with Crippen molar-refractivity contribution in [1.29, 1.82) is 5.26 Å². The van der Waals surface area contributed by atoms with Crippen molar-refractivity contribution in [3.63, 3.8) is 0 Å². The Hall–Kier alpha value is -3.76. The maximum atomic E-state index is 13.1. The molecule has 0 radical (unpaired) electrons. The van der Waals surface area contributed by atoms with Gasteiger partial charge in [-0.1, -0.05) is 36.4 Å². The molecule has 0 unspecified atom stereocenters. The monoisotopic (exact) mass is 444 g/mol. The average molecular weight is 445 g/mol. The van der Waals surface area contributed by atoms with E-state index in [1.807, 2.05) is 67.6 Å². The first-order chi connectivity index (χ1) is 16.0. The highest BCUT2D eigenvalue weighted by Gasteiger charge is 2.40. The maximum Gasteiger partial charge on any atom is 0.161 e. The highest BCUT2D eigenvalue weighted by molar-refractivity contribution is 5.99. The van der Waals surface area contributed by atoms with Gasteiger partial charge in [0.25, 0.3) is 0 Å². The molecule has 7 nitrogen and oxygen atoms in total. The number of nitrogens with two attached hydrogens (primary N) is 1. The first kappa shape index (κ1) is 22.4. The molecule has 1 aliphatic heterocycles. The zero-order chi connectivity index (χ0) is 23.5. The van der Waals surface area contributed by atoms with Gasteiger partial charge in [0.05, 0.1) is 24.7 Å². The van der Waals surface area contributed by atoms with Crippen molar-refractivity contribution in [3.8, 4) is 17.6 Å². The Morgan fingerprint density at radius 2 is 1.91 bits per heavy atom. The zero-order valence-electron chi connectivity index (χ0n) is 19.2. The van der Waals surface area contributed by atoms with Crippen molar-refractivity contribution in [3.05, 3.63) is 82.3 Å². The van der Waals surface area contributed by atoms with Crippen molar-refractivity contribution in [2.24, 2.45) is 5.73 Å². The summed E-state index contributed by atoms with van der Waals surface area (Å²) < 4.78 is 11.6. The van der Waals surface area contributed by atoms with Gasteiger partial charge in [0.2, 0.25) is 0 Å². The number of nitriles is 1. The maximum absolute atomic E-state index is 13.1. The van der Waals surface area contributed by atoms with Gasteiger partial charge in [-0.15, -0.1) is 0 Å². The van der Waals surface area contributed by atoms with E-state index in [2.05, 4.69) is 6.07 Å². The van der Waals surface area contributed by atoms with Crippen LogP contribution in [-0.4, -0.2) is 37.0 Å². The van der Waals surface area contributed by atoms with E-state index in [0.717, 1.165) is 29.7 Å². The number of nitrogens with zero attached hydrogens (tertiary/aromatic N) is 3. The fraction of sp³-hybridized carbons (Fsp3) is 0.308. The Morgan fingerprint density at radius 3 is 2.58 bits per heavy atom. The Labute approximate surface area is 194 Å². The van der Waals surface area contributed by atoms with Crippen LogP contribution < -0.4 is 15.2 Å². The Balaban J connectivity index is 1.75. The van der Waals surface area contributed by atoms with Gasteiger partial charge in [-0.05, 0) is 36.1 Å². The number of benzene rings is 2. The van der Waals surface area contributed by atoms with Crippen LogP contribution in [-0.2, 0) is 11.4 Å². The second-order valence-electron chi connectivity index (χ2n) is 8.32. The summed E-state index contributed by atoms with van der Waals surface area (Å²) in [5.41, 5.74) is 10.2. The van der Waals surface area contributed by atoms with Gasteiger partial charge in [0.15, 0.2) is 17.3 Å². The van der Waals surface area contributed by atoms with Crippen LogP contribution in [0.3, 0.4) is 0 Å². The zero-order valence-corrected chi connectivity index (χ0v) is 19.2. The Morgan fingerprint density at radius 1 is 1.15 bits per heavy atom. The van der Waals surface area contributed by atoms with E-state index in [9.17, 15) is 10.1 Å². The Bertz CT molecular complexity index is 1160. The van der Waals surface area contributed by atoms with Crippen LogP contribution in [0.1, 0.15) is 36.3 Å². The first-order valence-electron chi connectivity index (χ1n) is 10.9. The molecular weight excluding hydrogens is 416 g/mol. The van der Waals surface area contributed by atoms with Gasteiger partial charge in [-0.3, -0.25) is 9.80 Å². The lowest BCUT2D eigenvalue weighted by Gasteiger charge is -2.42. The number of ether oxygens (including phenoxy) is 2. The number of hydrogen-bond acceptors (Lipinski definition) is 7. The molecule has 0 saturated heterocycles. The van der Waals surface area contributed by atoms with Gasteiger partial charge in [-0.2, -0.15) is 5.26 Å². The number of Topliss-reactive ketones (excluding diaryl/α,β-unsaturated/α-hetero) is 1. The molecule has 2 aromatic carbocycles. The number of hydrogen-bond donors (Lipinski definition) is 1. The van der Waals surface area contributed by atoms with Crippen LogP contribution >= 0.6 is 0 Å². The predicted octanol–water partition coefficient (Wildman–Crippen LogP) is 3.85. The van der Waals surface area contributed by atoms with E-state index >= 15 is 0 Å². The lowest BCUT2D eigenvalue weighted by Crippen LogP contribution is -2.45. The van der Waals surface area contributed by atoms with E-state index in [1.54, 1.807) is 12.1 Å². The fourth-order valence-corrected chi connectivity index (χ4v) is 4.58. The van der Waals surface area contributed by atoms with E-state index in [0.29, 0.717) is 41.5 Å². The second kappa shape index (κ2) is 9.39. The first-order valence-corrected chi connectivity index (χ1v) is 10.9. The molecule has 7 heteroatoms. The molecule has 0 spiro atoms. The van der Waals surface area contributed by atoms with Crippen LogP contribution in [0.2, 0.25) is 0 Å². The summed E-state index contributed by atoms with van der Waals surface area (Å²) in [7, 11) is 5.29. The largest absolute Gasteiger partial charge is 0.493 e. The minimum absolute atomic E-state index is 0.0525. The molecule has 1 heterocycles. The van der Waals surface area contributed by atoms with Crippen molar-refractivity contribution in [1.82, 2.24) is 10.0 Å². The van der Waals surface area contributed by atoms with Crippen molar-refractivity contribution in [2.75, 3.05) is 21.2 Å². The highest BCUT2D eigenvalue weighted by Crippen LogP contribution is 2.46.